The zero-order chi connectivity index (χ0) is 15.2. The number of benzene rings is 1. The summed E-state index contributed by atoms with van der Waals surface area (Å²) in [4.78, 5) is 11.2. The van der Waals surface area contributed by atoms with Crippen LogP contribution < -0.4 is 4.72 Å². The maximum atomic E-state index is 11.7. The molecule has 2 N–H and O–H groups in total. The Morgan fingerprint density at radius 3 is 2.70 bits per heavy atom. The van der Waals surface area contributed by atoms with Gasteiger partial charge >= 0.3 is 5.97 Å². The molecule has 1 rings (SSSR count). The molecule has 0 bridgehead atoms. The maximum absolute atomic E-state index is 11.7. The molecule has 0 heterocycles. The summed E-state index contributed by atoms with van der Waals surface area (Å²) in [5.41, 5.74) is 0.512. The van der Waals surface area contributed by atoms with Gasteiger partial charge in [0.2, 0.25) is 10.0 Å². The van der Waals surface area contributed by atoms with E-state index in [1.807, 2.05) is 4.72 Å². The Morgan fingerprint density at radius 2 is 2.15 bits per heavy atom. The zero-order valence-electron chi connectivity index (χ0n) is 10.6. The molecule has 0 saturated carbocycles. The molecule has 8 heteroatoms. The highest BCUT2D eigenvalue weighted by atomic mass is 35.5. The van der Waals surface area contributed by atoms with E-state index in [1.165, 1.54) is 6.08 Å². The van der Waals surface area contributed by atoms with Gasteiger partial charge in [0, 0.05) is 10.4 Å². The molecule has 0 spiro atoms. The zero-order valence-corrected chi connectivity index (χ0v) is 12.2. The van der Waals surface area contributed by atoms with Crippen molar-refractivity contribution < 1.29 is 23.1 Å². The molecule has 0 fully saturated rings. The number of aliphatic hydroxyl groups excluding tert-OH is 1. The number of ether oxygens (including phenoxy) is 1. The number of aliphatic hydroxyl groups is 1. The predicted molar refractivity (Wildman–Crippen MR) is 75.4 cm³/mol. The topological polar surface area (TPSA) is 92.7 Å². The minimum absolute atomic E-state index is 0.394. The number of hydrogen-bond acceptors (Lipinski definition) is 5. The molecule has 0 saturated heterocycles. The second-order valence-corrected chi connectivity index (χ2v) is 5.75. The summed E-state index contributed by atoms with van der Waals surface area (Å²) >= 11 is 5.88. The molecule has 1 aromatic rings. The van der Waals surface area contributed by atoms with Crippen molar-refractivity contribution in [2.45, 2.75) is 6.04 Å². The SMILES string of the molecule is COC(=O)[C@H](CO)NS(=O)(=O)/C=C/c1ccccc1Cl. The summed E-state index contributed by atoms with van der Waals surface area (Å²) in [6, 6.07) is 5.33. The molecular weight excluding hydrogens is 306 g/mol. The highest BCUT2D eigenvalue weighted by Crippen LogP contribution is 2.16. The average Bonchev–Trinajstić information content (AvgIpc) is 2.43. The fourth-order valence-corrected chi connectivity index (χ4v) is 2.48. The van der Waals surface area contributed by atoms with Gasteiger partial charge in [-0.1, -0.05) is 29.8 Å². The first kappa shape index (κ1) is 16.6. The molecular formula is C12H14ClNO5S. The van der Waals surface area contributed by atoms with Crippen LogP contribution in [0, 0.1) is 0 Å². The van der Waals surface area contributed by atoms with Crippen LogP contribution in [-0.4, -0.2) is 39.3 Å². The number of nitrogens with one attached hydrogen (secondary N) is 1. The molecule has 0 radical (unpaired) electrons. The van der Waals surface area contributed by atoms with Crippen LogP contribution in [0.4, 0.5) is 0 Å². The van der Waals surface area contributed by atoms with E-state index in [9.17, 15) is 13.2 Å². The van der Waals surface area contributed by atoms with Crippen molar-refractivity contribution in [3.05, 3.63) is 40.3 Å². The van der Waals surface area contributed by atoms with E-state index in [-0.39, 0.29) is 0 Å². The van der Waals surface area contributed by atoms with Gasteiger partial charge in [0.25, 0.3) is 0 Å². The van der Waals surface area contributed by atoms with Gasteiger partial charge in [-0.15, -0.1) is 0 Å². The molecule has 0 aliphatic heterocycles. The third kappa shape index (κ3) is 4.93. The van der Waals surface area contributed by atoms with Gasteiger partial charge < -0.3 is 9.84 Å². The molecule has 0 amide bonds. The predicted octanol–water partition coefficient (Wildman–Crippen LogP) is 0.764. The van der Waals surface area contributed by atoms with Gasteiger partial charge in [0.1, 0.15) is 6.04 Å². The van der Waals surface area contributed by atoms with Crippen molar-refractivity contribution in [1.29, 1.82) is 0 Å². The second kappa shape index (κ2) is 7.39. The Bertz CT molecular complexity index is 600. The summed E-state index contributed by atoms with van der Waals surface area (Å²) in [5, 5.41) is 10.2. The first-order valence-corrected chi connectivity index (χ1v) is 7.45. The van der Waals surface area contributed by atoms with Crippen LogP contribution in [0.5, 0.6) is 0 Å². The Hall–Kier alpha value is -1.41. The number of carbonyl (C=O) groups is 1. The second-order valence-electron chi connectivity index (χ2n) is 3.75. The molecule has 20 heavy (non-hydrogen) atoms. The van der Waals surface area contributed by atoms with E-state index in [1.54, 1.807) is 24.3 Å². The van der Waals surface area contributed by atoms with E-state index in [0.717, 1.165) is 12.5 Å². The maximum Gasteiger partial charge on any atom is 0.326 e. The summed E-state index contributed by atoms with van der Waals surface area (Å²) < 4.78 is 29.9. The molecule has 1 aromatic carbocycles. The van der Waals surface area contributed by atoms with Crippen LogP contribution in [0.2, 0.25) is 5.02 Å². The molecule has 110 valence electrons. The van der Waals surface area contributed by atoms with E-state index < -0.39 is 28.6 Å². The number of sulfonamides is 1. The van der Waals surface area contributed by atoms with Gasteiger partial charge in [-0.05, 0) is 17.7 Å². The number of methoxy groups -OCH3 is 1. The normalized spacial score (nSPS) is 13.3. The first-order valence-electron chi connectivity index (χ1n) is 5.53. The monoisotopic (exact) mass is 319 g/mol. The number of esters is 1. The minimum atomic E-state index is -3.91. The van der Waals surface area contributed by atoms with Crippen molar-refractivity contribution in [1.82, 2.24) is 4.72 Å². The van der Waals surface area contributed by atoms with Crippen molar-refractivity contribution in [2.24, 2.45) is 0 Å². The summed E-state index contributed by atoms with van der Waals surface area (Å²) in [7, 11) is -2.82. The third-order valence-electron chi connectivity index (χ3n) is 2.31. The summed E-state index contributed by atoms with van der Waals surface area (Å²) in [6.07, 6.45) is 1.29. The van der Waals surface area contributed by atoms with Crippen molar-refractivity contribution in [3.63, 3.8) is 0 Å². The van der Waals surface area contributed by atoms with Crippen molar-refractivity contribution in [2.75, 3.05) is 13.7 Å². The molecule has 0 aliphatic carbocycles. The Balaban J connectivity index is 2.85. The third-order valence-corrected chi connectivity index (χ3v) is 3.76. The Labute approximate surface area is 122 Å². The largest absolute Gasteiger partial charge is 0.468 e. The van der Waals surface area contributed by atoms with Crippen molar-refractivity contribution >= 4 is 33.7 Å². The minimum Gasteiger partial charge on any atom is -0.468 e. The number of hydrogen-bond donors (Lipinski definition) is 2. The van der Waals surface area contributed by atoms with Gasteiger partial charge in [0.05, 0.1) is 13.7 Å². The lowest BCUT2D eigenvalue weighted by molar-refractivity contribution is -0.143. The molecule has 0 unspecified atom stereocenters. The smallest absolute Gasteiger partial charge is 0.326 e. The van der Waals surface area contributed by atoms with E-state index >= 15 is 0 Å². The van der Waals surface area contributed by atoms with Crippen LogP contribution in [0.1, 0.15) is 5.56 Å². The lowest BCUT2D eigenvalue weighted by Crippen LogP contribution is -2.43. The fraction of sp³-hybridized carbons (Fsp3) is 0.250. The Morgan fingerprint density at radius 1 is 1.50 bits per heavy atom. The van der Waals surface area contributed by atoms with Gasteiger partial charge in [-0.2, -0.15) is 4.72 Å². The molecule has 0 aliphatic rings. The van der Waals surface area contributed by atoms with Crippen LogP contribution in [0.25, 0.3) is 6.08 Å². The molecule has 6 nitrogen and oxygen atoms in total. The summed E-state index contributed by atoms with van der Waals surface area (Å²) in [5.74, 6) is -0.873. The average molecular weight is 320 g/mol. The highest BCUT2D eigenvalue weighted by Gasteiger charge is 2.22. The Kier molecular flexibility index (Phi) is 6.15. The standard InChI is InChI=1S/C12H14ClNO5S/c1-19-12(16)11(8-15)14-20(17,18)7-6-9-4-2-3-5-10(9)13/h2-7,11,14-15H,8H2,1H3/b7-6+/t11-/m0/s1. The van der Waals surface area contributed by atoms with E-state index in [0.29, 0.717) is 10.6 Å². The van der Waals surface area contributed by atoms with Crippen LogP contribution in [0.15, 0.2) is 29.7 Å². The quantitative estimate of drug-likeness (QED) is 0.755. The van der Waals surface area contributed by atoms with Crippen LogP contribution in [-0.2, 0) is 19.6 Å². The number of halogens is 1. The molecule has 1 atom stereocenters. The lowest BCUT2D eigenvalue weighted by Gasteiger charge is -2.12. The lowest BCUT2D eigenvalue weighted by atomic mass is 10.2. The van der Waals surface area contributed by atoms with Crippen LogP contribution >= 0.6 is 11.6 Å². The van der Waals surface area contributed by atoms with Gasteiger partial charge in [-0.25, -0.2) is 8.42 Å². The van der Waals surface area contributed by atoms with Gasteiger partial charge in [0.15, 0.2) is 0 Å². The molecule has 0 aromatic heterocycles. The number of rotatable bonds is 6. The summed E-state index contributed by atoms with van der Waals surface area (Å²) in [6.45, 7) is -0.703. The fourth-order valence-electron chi connectivity index (χ4n) is 1.31. The van der Waals surface area contributed by atoms with E-state index in [2.05, 4.69) is 4.74 Å². The number of carbonyl (C=O) groups excluding carboxylic acids is 1. The van der Waals surface area contributed by atoms with Crippen molar-refractivity contribution in [3.8, 4) is 0 Å². The van der Waals surface area contributed by atoms with Gasteiger partial charge in [-0.3, -0.25) is 4.79 Å². The first-order chi connectivity index (χ1) is 9.39. The van der Waals surface area contributed by atoms with E-state index in [4.69, 9.17) is 16.7 Å². The highest BCUT2D eigenvalue weighted by molar-refractivity contribution is 7.92. The van der Waals surface area contributed by atoms with Crippen LogP contribution in [0.3, 0.4) is 0 Å².